The molecule has 1 N–H and O–H groups in total. The van der Waals surface area contributed by atoms with Gasteiger partial charge in [0, 0.05) is 35.2 Å². The molecule has 1 unspecified atom stereocenters. The fraction of sp³-hybridized carbons (Fsp3) is 0.500. The molecule has 1 aromatic rings. The van der Waals surface area contributed by atoms with Crippen molar-refractivity contribution in [1.82, 2.24) is 10.2 Å². The molecular weight excluding hydrogens is 459 g/mol. The van der Waals surface area contributed by atoms with E-state index in [1.165, 1.54) is 13.2 Å². The van der Waals surface area contributed by atoms with Crippen molar-refractivity contribution in [2.24, 2.45) is 5.92 Å². The highest BCUT2D eigenvalue weighted by atomic mass is 35.5. The van der Waals surface area contributed by atoms with Crippen LogP contribution >= 0.6 is 35.0 Å². The number of hydrogen-bond acceptors (Lipinski definition) is 5. The molecule has 1 atom stereocenters. The van der Waals surface area contributed by atoms with E-state index in [1.54, 1.807) is 29.7 Å². The van der Waals surface area contributed by atoms with Crippen LogP contribution < -0.4 is 5.32 Å². The number of nitrogens with one attached hydrogen (secondary N) is 1. The molecule has 31 heavy (non-hydrogen) atoms. The number of benzene rings is 1. The molecule has 9 heteroatoms. The molecule has 1 aliphatic heterocycles. The first-order chi connectivity index (χ1) is 14.6. The van der Waals surface area contributed by atoms with Gasteiger partial charge in [-0.3, -0.25) is 9.59 Å². The Balaban J connectivity index is 1.92. The number of rotatable bonds is 7. The maximum atomic E-state index is 12.6. The number of hydrogen-bond donors (Lipinski definition) is 1. The lowest BCUT2D eigenvalue weighted by atomic mass is 9.95. The van der Waals surface area contributed by atoms with Crippen molar-refractivity contribution in [3.8, 4) is 0 Å². The van der Waals surface area contributed by atoms with Crippen molar-refractivity contribution in [2.45, 2.75) is 49.8 Å². The third-order valence-corrected chi connectivity index (χ3v) is 7.01. The lowest BCUT2D eigenvalue weighted by molar-refractivity contribution is -0.145. The number of ether oxygens (including phenoxy) is 1. The van der Waals surface area contributed by atoms with E-state index < -0.39 is 12.0 Å². The smallest absolute Gasteiger partial charge is 0.328 e. The molecule has 0 saturated carbocycles. The largest absolute Gasteiger partial charge is 0.467 e. The zero-order chi connectivity index (χ0) is 23.1. The number of methoxy groups -OCH3 is 1. The van der Waals surface area contributed by atoms with Crippen LogP contribution in [0, 0.1) is 5.92 Å². The van der Waals surface area contributed by atoms with Crippen LogP contribution in [0.3, 0.4) is 0 Å². The molecule has 170 valence electrons. The van der Waals surface area contributed by atoms with Crippen molar-refractivity contribution in [1.29, 1.82) is 0 Å². The van der Waals surface area contributed by atoms with E-state index in [2.05, 4.69) is 23.9 Å². The maximum absolute atomic E-state index is 12.6. The third-order valence-electron chi connectivity index (χ3n) is 4.94. The summed E-state index contributed by atoms with van der Waals surface area (Å²) >= 11 is 14.4. The lowest BCUT2D eigenvalue weighted by Gasteiger charge is -2.31. The summed E-state index contributed by atoms with van der Waals surface area (Å²) in [7, 11) is 1.28. The number of carbonyl (C=O) groups is 3. The van der Waals surface area contributed by atoms with E-state index in [0.29, 0.717) is 46.8 Å². The van der Waals surface area contributed by atoms with Crippen LogP contribution in [0.1, 0.15) is 39.2 Å². The number of likely N-dealkylation sites (tertiary alicyclic amines) is 1. The molecule has 0 spiro atoms. The van der Waals surface area contributed by atoms with Crippen molar-refractivity contribution in [2.75, 3.05) is 20.2 Å². The SMILES string of the molecule is COC(=O)C(C)NC(=O)C1CCN(C(=O)C=Cc2ccc(SC(C)C)c(Cl)c2Cl)CC1. The summed E-state index contributed by atoms with van der Waals surface area (Å²) < 4.78 is 4.62. The van der Waals surface area contributed by atoms with Crippen LogP contribution in [-0.2, 0) is 19.1 Å². The third kappa shape index (κ3) is 7.16. The van der Waals surface area contributed by atoms with E-state index in [0.717, 1.165) is 4.90 Å². The highest BCUT2D eigenvalue weighted by Crippen LogP contribution is 2.37. The molecule has 2 rings (SSSR count). The van der Waals surface area contributed by atoms with Gasteiger partial charge in [0.15, 0.2) is 0 Å². The first-order valence-corrected chi connectivity index (χ1v) is 11.8. The van der Waals surface area contributed by atoms with Gasteiger partial charge in [0.05, 0.1) is 17.2 Å². The standard InChI is InChI=1S/C22H28Cl2N2O4S/c1-13(2)31-17-7-5-15(19(23)20(17)24)6-8-18(27)26-11-9-16(10-12-26)21(28)25-14(3)22(29)30-4/h5-8,13-14,16H,9-12H2,1-4H3,(H,25,28). The average molecular weight is 487 g/mol. The number of nitrogens with zero attached hydrogens (tertiary/aromatic N) is 1. The van der Waals surface area contributed by atoms with Crippen molar-refractivity contribution < 1.29 is 19.1 Å². The van der Waals surface area contributed by atoms with E-state index in [-0.39, 0.29) is 17.7 Å². The lowest BCUT2D eigenvalue weighted by Crippen LogP contribution is -2.46. The van der Waals surface area contributed by atoms with Gasteiger partial charge in [-0.1, -0.05) is 43.1 Å². The van der Waals surface area contributed by atoms with Gasteiger partial charge >= 0.3 is 5.97 Å². The van der Waals surface area contributed by atoms with Gasteiger partial charge in [-0.25, -0.2) is 4.79 Å². The fourth-order valence-corrected chi connectivity index (χ4v) is 4.67. The van der Waals surface area contributed by atoms with Gasteiger partial charge < -0.3 is 15.0 Å². The summed E-state index contributed by atoms with van der Waals surface area (Å²) in [6.07, 6.45) is 4.21. The Morgan fingerprint density at radius 2 is 1.81 bits per heavy atom. The van der Waals surface area contributed by atoms with Crippen LogP contribution in [0.4, 0.5) is 0 Å². The Bertz CT molecular complexity index is 852. The van der Waals surface area contributed by atoms with Crippen molar-refractivity contribution in [3.05, 3.63) is 33.8 Å². The van der Waals surface area contributed by atoms with Crippen molar-refractivity contribution >= 4 is 58.8 Å². The van der Waals surface area contributed by atoms with Crippen LogP contribution in [0.25, 0.3) is 6.08 Å². The highest BCUT2D eigenvalue weighted by Gasteiger charge is 2.28. The molecule has 1 aliphatic rings. The zero-order valence-electron chi connectivity index (χ0n) is 18.1. The van der Waals surface area contributed by atoms with E-state index in [1.807, 2.05) is 12.1 Å². The molecule has 1 saturated heterocycles. The summed E-state index contributed by atoms with van der Waals surface area (Å²) in [5.41, 5.74) is 0.680. The minimum atomic E-state index is -0.693. The molecule has 1 fully saturated rings. The topological polar surface area (TPSA) is 75.7 Å². The van der Waals surface area contributed by atoms with E-state index in [9.17, 15) is 14.4 Å². The first-order valence-electron chi connectivity index (χ1n) is 10.1. The maximum Gasteiger partial charge on any atom is 0.328 e. The summed E-state index contributed by atoms with van der Waals surface area (Å²) in [6.45, 7) is 6.67. The second-order valence-electron chi connectivity index (χ2n) is 7.63. The molecule has 0 aliphatic carbocycles. The summed E-state index contributed by atoms with van der Waals surface area (Å²) in [5.74, 6) is -1.06. The fourth-order valence-electron chi connectivity index (χ4n) is 3.22. The normalized spacial score (nSPS) is 15.9. The minimum Gasteiger partial charge on any atom is -0.467 e. The minimum absolute atomic E-state index is 0.144. The highest BCUT2D eigenvalue weighted by molar-refractivity contribution is 8.00. The predicted molar refractivity (Wildman–Crippen MR) is 125 cm³/mol. The predicted octanol–water partition coefficient (Wildman–Crippen LogP) is 4.42. The number of carbonyl (C=O) groups excluding carboxylic acids is 3. The van der Waals surface area contributed by atoms with Crippen LogP contribution in [0.2, 0.25) is 10.0 Å². The second kappa shape index (κ2) is 11.8. The number of esters is 1. The van der Waals surface area contributed by atoms with Gasteiger partial charge in [0.25, 0.3) is 0 Å². The Hall–Kier alpha value is -1.70. The monoisotopic (exact) mass is 486 g/mol. The number of piperidine rings is 1. The number of thioether (sulfide) groups is 1. The molecule has 0 aromatic heterocycles. The number of amides is 2. The van der Waals surface area contributed by atoms with Crippen LogP contribution in [0.15, 0.2) is 23.1 Å². The molecule has 2 amide bonds. The molecule has 0 radical (unpaired) electrons. The van der Waals surface area contributed by atoms with Gasteiger partial charge in [-0.05, 0) is 37.5 Å². The van der Waals surface area contributed by atoms with Crippen molar-refractivity contribution in [3.63, 3.8) is 0 Å². The molecule has 1 heterocycles. The second-order valence-corrected chi connectivity index (χ2v) is 10.0. The summed E-state index contributed by atoms with van der Waals surface area (Å²) in [5, 5.41) is 3.95. The molecule has 6 nitrogen and oxygen atoms in total. The van der Waals surface area contributed by atoms with E-state index >= 15 is 0 Å². The number of halogens is 2. The van der Waals surface area contributed by atoms with Crippen LogP contribution in [-0.4, -0.2) is 54.2 Å². The van der Waals surface area contributed by atoms with Gasteiger partial charge in [0.1, 0.15) is 6.04 Å². The molecular formula is C22H28Cl2N2O4S. The molecule has 1 aromatic carbocycles. The van der Waals surface area contributed by atoms with Gasteiger partial charge in [-0.2, -0.15) is 0 Å². The Morgan fingerprint density at radius 3 is 2.39 bits per heavy atom. The Morgan fingerprint density at radius 1 is 1.16 bits per heavy atom. The van der Waals surface area contributed by atoms with Gasteiger partial charge in [0.2, 0.25) is 11.8 Å². The summed E-state index contributed by atoms with van der Waals surface area (Å²) in [6, 6.07) is 3.06. The average Bonchev–Trinajstić information content (AvgIpc) is 2.75. The van der Waals surface area contributed by atoms with Crippen LogP contribution in [0.5, 0.6) is 0 Å². The van der Waals surface area contributed by atoms with Gasteiger partial charge in [-0.15, -0.1) is 11.8 Å². The van der Waals surface area contributed by atoms with E-state index in [4.69, 9.17) is 23.2 Å². The Labute approximate surface area is 197 Å². The zero-order valence-corrected chi connectivity index (χ0v) is 20.4. The first kappa shape index (κ1) is 25.6. The quantitative estimate of drug-likeness (QED) is 0.350. The summed E-state index contributed by atoms with van der Waals surface area (Å²) in [4.78, 5) is 38.9. The molecule has 0 bridgehead atoms. The Kier molecular flexibility index (Phi) is 9.72.